The number of primary amides is 1. The fourth-order valence-electron chi connectivity index (χ4n) is 1.37. The highest BCUT2D eigenvalue weighted by molar-refractivity contribution is 7.99. The maximum atomic E-state index is 11.2. The molecule has 6 nitrogen and oxygen atoms in total. The second kappa shape index (κ2) is 5.94. The van der Waals surface area contributed by atoms with Crippen molar-refractivity contribution < 1.29 is 14.0 Å². The SMILES string of the molecule is NC(=O)NC(=O)CCSc1nc2ccc(Cl)cc2o1. The molecule has 1 aromatic heterocycles. The smallest absolute Gasteiger partial charge is 0.318 e. The molecule has 2 aromatic rings. The number of urea groups is 1. The second-order valence-electron chi connectivity index (χ2n) is 3.60. The van der Waals surface area contributed by atoms with E-state index >= 15 is 0 Å². The van der Waals surface area contributed by atoms with Gasteiger partial charge in [-0.05, 0) is 12.1 Å². The van der Waals surface area contributed by atoms with Crippen molar-refractivity contribution in [2.75, 3.05) is 5.75 Å². The summed E-state index contributed by atoms with van der Waals surface area (Å²) >= 11 is 7.10. The zero-order valence-corrected chi connectivity index (χ0v) is 11.3. The molecule has 0 atom stereocenters. The average molecular weight is 300 g/mol. The summed E-state index contributed by atoms with van der Waals surface area (Å²) in [6, 6.07) is 4.30. The van der Waals surface area contributed by atoms with Crippen LogP contribution in [-0.2, 0) is 4.79 Å². The van der Waals surface area contributed by atoms with Gasteiger partial charge >= 0.3 is 6.03 Å². The number of nitrogens with two attached hydrogens (primary N) is 1. The fraction of sp³-hybridized carbons (Fsp3) is 0.182. The third-order valence-corrected chi connectivity index (χ3v) is 3.21. The maximum Gasteiger partial charge on any atom is 0.318 e. The van der Waals surface area contributed by atoms with Gasteiger partial charge in [-0.15, -0.1) is 0 Å². The summed E-state index contributed by atoms with van der Waals surface area (Å²) in [5.74, 6) is -0.00111. The maximum absolute atomic E-state index is 11.2. The minimum absolute atomic E-state index is 0.146. The number of carbonyl (C=O) groups is 2. The molecular formula is C11H10ClN3O3S. The fourth-order valence-corrected chi connectivity index (χ4v) is 2.31. The molecular weight excluding hydrogens is 290 g/mol. The lowest BCUT2D eigenvalue weighted by atomic mass is 10.3. The van der Waals surface area contributed by atoms with Gasteiger partial charge in [0.1, 0.15) is 5.52 Å². The molecule has 0 bridgehead atoms. The summed E-state index contributed by atoms with van der Waals surface area (Å²) < 4.78 is 5.46. The van der Waals surface area contributed by atoms with E-state index in [4.69, 9.17) is 21.8 Å². The Bertz CT molecular complexity index is 629. The van der Waals surface area contributed by atoms with E-state index < -0.39 is 11.9 Å². The van der Waals surface area contributed by atoms with E-state index in [1.807, 2.05) is 5.32 Å². The number of aromatic nitrogens is 1. The molecule has 100 valence electrons. The van der Waals surface area contributed by atoms with E-state index in [2.05, 4.69) is 4.98 Å². The van der Waals surface area contributed by atoms with Gasteiger partial charge in [-0.25, -0.2) is 9.78 Å². The third-order valence-electron chi connectivity index (χ3n) is 2.15. The third kappa shape index (κ3) is 3.87. The van der Waals surface area contributed by atoms with E-state index in [1.165, 1.54) is 11.8 Å². The van der Waals surface area contributed by atoms with Gasteiger partial charge in [0.25, 0.3) is 5.22 Å². The van der Waals surface area contributed by atoms with Gasteiger partial charge in [0.2, 0.25) is 5.91 Å². The molecule has 0 unspecified atom stereocenters. The number of benzene rings is 1. The summed E-state index contributed by atoms with van der Waals surface area (Å²) in [4.78, 5) is 25.8. The number of hydrogen-bond acceptors (Lipinski definition) is 5. The first-order valence-electron chi connectivity index (χ1n) is 5.33. The molecule has 0 spiro atoms. The van der Waals surface area contributed by atoms with Gasteiger partial charge in [-0.2, -0.15) is 0 Å². The van der Waals surface area contributed by atoms with Crippen molar-refractivity contribution in [1.29, 1.82) is 0 Å². The van der Waals surface area contributed by atoms with Crippen molar-refractivity contribution >= 4 is 46.4 Å². The van der Waals surface area contributed by atoms with Crippen LogP contribution in [0.5, 0.6) is 0 Å². The number of amides is 3. The Kier molecular flexibility index (Phi) is 4.28. The van der Waals surface area contributed by atoms with Crippen molar-refractivity contribution in [3.8, 4) is 0 Å². The largest absolute Gasteiger partial charge is 0.431 e. The number of carbonyl (C=O) groups excluding carboxylic acids is 2. The Morgan fingerprint density at radius 3 is 3.00 bits per heavy atom. The van der Waals surface area contributed by atoms with Crippen molar-refractivity contribution in [1.82, 2.24) is 10.3 Å². The van der Waals surface area contributed by atoms with Crippen molar-refractivity contribution in [3.05, 3.63) is 23.2 Å². The zero-order chi connectivity index (χ0) is 13.8. The Morgan fingerprint density at radius 2 is 2.26 bits per heavy atom. The zero-order valence-electron chi connectivity index (χ0n) is 9.68. The molecule has 0 fully saturated rings. The predicted molar refractivity (Wildman–Crippen MR) is 72.1 cm³/mol. The molecule has 0 aliphatic rings. The molecule has 8 heteroatoms. The van der Waals surface area contributed by atoms with Gasteiger partial charge in [-0.1, -0.05) is 23.4 Å². The van der Waals surface area contributed by atoms with E-state index in [0.29, 0.717) is 27.1 Å². The van der Waals surface area contributed by atoms with Gasteiger partial charge in [0.05, 0.1) is 0 Å². The van der Waals surface area contributed by atoms with Crippen LogP contribution in [0.1, 0.15) is 6.42 Å². The van der Waals surface area contributed by atoms with Crippen LogP contribution in [0.2, 0.25) is 5.02 Å². The van der Waals surface area contributed by atoms with Crippen LogP contribution >= 0.6 is 23.4 Å². The van der Waals surface area contributed by atoms with E-state index in [1.54, 1.807) is 18.2 Å². The van der Waals surface area contributed by atoms with Gasteiger partial charge in [0, 0.05) is 23.3 Å². The highest BCUT2D eigenvalue weighted by atomic mass is 35.5. The lowest BCUT2D eigenvalue weighted by molar-refractivity contribution is -0.119. The van der Waals surface area contributed by atoms with E-state index in [0.717, 1.165) is 0 Å². The van der Waals surface area contributed by atoms with Crippen molar-refractivity contribution in [2.24, 2.45) is 5.73 Å². The summed E-state index contributed by atoms with van der Waals surface area (Å²) in [5.41, 5.74) is 6.12. The standard InChI is InChI=1S/C11H10ClN3O3S/c12-6-1-2-7-8(5-6)18-11(14-7)19-4-3-9(16)15-10(13)17/h1-2,5H,3-4H2,(H3,13,15,16,17). The molecule has 19 heavy (non-hydrogen) atoms. The number of oxazole rings is 1. The first kappa shape index (κ1) is 13.7. The van der Waals surface area contributed by atoms with Crippen LogP contribution in [0.3, 0.4) is 0 Å². The number of imide groups is 1. The number of nitrogens with zero attached hydrogens (tertiary/aromatic N) is 1. The summed E-state index contributed by atoms with van der Waals surface area (Å²) in [7, 11) is 0. The number of fused-ring (bicyclic) bond motifs is 1. The van der Waals surface area contributed by atoms with Crippen LogP contribution in [0.4, 0.5) is 4.79 Å². The first-order valence-corrected chi connectivity index (χ1v) is 6.69. The lowest BCUT2D eigenvalue weighted by Crippen LogP contribution is -2.35. The van der Waals surface area contributed by atoms with Crippen LogP contribution in [0.25, 0.3) is 11.1 Å². The number of hydrogen-bond donors (Lipinski definition) is 2. The molecule has 3 amide bonds. The topological polar surface area (TPSA) is 98.2 Å². The summed E-state index contributed by atoms with van der Waals surface area (Å²) in [5, 5.41) is 3.00. The summed E-state index contributed by atoms with van der Waals surface area (Å²) in [6.07, 6.45) is 0.146. The van der Waals surface area contributed by atoms with Gasteiger partial charge in [-0.3, -0.25) is 10.1 Å². The minimum Gasteiger partial charge on any atom is -0.431 e. The van der Waals surface area contributed by atoms with Crippen LogP contribution in [0.15, 0.2) is 27.8 Å². The number of nitrogens with one attached hydrogen (secondary N) is 1. The highest BCUT2D eigenvalue weighted by Gasteiger charge is 2.09. The molecule has 0 saturated carbocycles. The van der Waals surface area contributed by atoms with Gasteiger partial charge in [0.15, 0.2) is 5.58 Å². The number of thioether (sulfide) groups is 1. The normalized spacial score (nSPS) is 10.6. The Labute approximate surface area is 117 Å². The quantitative estimate of drug-likeness (QED) is 0.843. The molecule has 0 saturated heterocycles. The van der Waals surface area contributed by atoms with Crippen molar-refractivity contribution in [2.45, 2.75) is 11.6 Å². The second-order valence-corrected chi connectivity index (χ2v) is 5.09. The molecule has 0 aliphatic carbocycles. The summed E-state index contributed by atoms with van der Waals surface area (Å²) in [6.45, 7) is 0. The van der Waals surface area contributed by atoms with E-state index in [-0.39, 0.29) is 6.42 Å². The molecule has 0 aliphatic heterocycles. The highest BCUT2D eigenvalue weighted by Crippen LogP contribution is 2.25. The Morgan fingerprint density at radius 1 is 1.47 bits per heavy atom. The first-order chi connectivity index (χ1) is 9.04. The van der Waals surface area contributed by atoms with E-state index in [9.17, 15) is 9.59 Å². The molecule has 3 N–H and O–H groups in total. The minimum atomic E-state index is -0.855. The average Bonchev–Trinajstić information content (AvgIpc) is 2.69. The Hall–Kier alpha value is -1.73. The predicted octanol–water partition coefficient (Wildman–Crippen LogP) is 2.16. The molecule has 2 rings (SSSR count). The Balaban J connectivity index is 1.91. The van der Waals surface area contributed by atoms with Crippen LogP contribution < -0.4 is 11.1 Å². The van der Waals surface area contributed by atoms with Crippen LogP contribution in [-0.4, -0.2) is 22.7 Å². The van der Waals surface area contributed by atoms with Crippen LogP contribution in [0, 0.1) is 0 Å². The lowest BCUT2D eigenvalue weighted by Gasteiger charge is -1.98. The number of rotatable bonds is 4. The molecule has 0 radical (unpaired) electrons. The van der Waals surface area contributed by atoms with Gasteiger partial charge < -0.3 is 10.2 Å². The molecule has 1 heterocycles. The monoisotopic (exact) mass is 299 g/mol. The number of halogens is 1. The van der Waals surface area contributed by atoms with Crippen molar-refractivity contribution in [3.63, 3.8) is 0 Å². The molecule has 1 aromatic carbocycles.